The molecule has 2 fully saturated rings. The maximum atomic E-state index is 5.98. The van der Waals surface area contributed by atoms with Crippen molar-refractivity contribution in [2.75, 3.05) is 26.7 Å². The summed E-state index contributed by atoms with van der Waals surface area (Å²) in [7, 11) is 2.23. The molecule has 2 N–H and O–H groups in total. The van der Waals surface area contributed by atoms with E-state index in [0.717, 1.165) is 18.4 Å². The third kappa shape index (κ3) is 1.70. The van der Waals surface area contributed by atoms with Crippen molar-refractivity contribution in [3.05, 3.63) is 0 Å². The summed E-state index contributed by atoms with van der Waals surface area (Å²) in [5.74, 6) is 1.85. The van der Waals surface area contributed by atoms with Crippen LogP contribution in [-0.4, -0.2) is 31.6 Å². The van der Waals surface area contributed by atoms with Crippen LogP contribution in [0.3, 0.4) is 0 Å². The highest BCUT2D eigenvalue weighted by atomic mass is 15.1. The third-order valence-corrected chi connectivity index (χ3v) is 4.50. The van der Waals surface area contributed by atoms with E-state index in [9.17, 15) is 0 Å². The van der Waals surface area contributed by atoms with Gasteiger partial charge in [0, 0.05) is 0 Å². The predicted molar refractivity (Wildman–Crippen MR) is 60.1 cm³/mol. The largest absolute Gasteiger partial charge is 0.330 e. The van der Waals surface area contributed by atoms with Gasteiger partial charge in [0.15, 0.2) is 0 Å². The van der Waals surface area contributed by atoms with Crippen molar-refractivity contribution in [2.24, 2.45) is 23.0 Å². The van der Waals surface area contributed by atoms with Gasteiger partial charge in [-0.1, -0.05) is 6.92 Å². The molecule has 0 unspecified atom stereocenters. The molecule has 2 heteroatoms. The van der Waals surface area contributed by atoms with Crippen LogP contribution in [0.25, 0.3) is 0 Å². The van der Waals surface area contributed by atoms with Gasteiger partial charge >= 0.3 is 0 Å². The lowest BCUT2D eigenvalue weighted by atomic mass is 9.54. The van der Waals surface area contributed by atoms with Crippen LogP contribution in [-0.2, 0) is 0 Å². The van der Waals surface area contributed by atoms with Gasteiger partial charge in [-0.2, -0.15) is 0 Å². The van der Waals surface area contributed by atoms with Crippen LogP contribution < -0.4 is 5.73 Å². The lowest BCUT2D eigenvalue weighted by Gasteiger charge is -2.53. The summed E-state index contributed by atoms with van der Waals surface area (Å²) in [6, 6.07) is 0. The molecule has 2 rings (SSSR count). The Kier molecular flexibility index (Phi) is 2.85. The minimum absolute atomic E-state index is 0.542. The van der Waals surface area contributed by atoms with Crippen LogP contribution in [0.1, 0.15) is 32.6 Å². The van der Waals surface area contributed by atoms with Gasteiger partial charge in [-0.15, -0.1) is 0 Å². The monoisotopic (exact) mass is 196 g/mol. The summed E-state index contributed by atoms with van der Waals surface area (Å²) in [4.78, 5) is 2.45. The van der Waals surface area contributed by atoms with E-state index in [1.54, 1.807) is 0 Å². The van der Waals surface area contributed by atoms with Crippen LogP contribution in [0.5, 0.6) is 0 Å². The Morgan fingerprint density at radius 3 is 2.29 bits per heavy atom. The zero-order valence-electron chi connectivity index (χ0n) is 9.63. The zero-order valence-corrected chi connectivity index (χ0v) is 9.63. The molecule has 1 heterocycles. The van der Waals surface area contributed by atoms with Crippen molar-refractivity contribution < 1.29 is 0 Å². The highest BCUT2D eigenvalue weighted by Gasteiger charge is 2.46. The van der Waals surface area contributed by atoms with E-state index in [2.05, 4.69) is 18.9 Å². The van der Waals surface area contributed by atoms with Crippen molar-refractivity contribution >= 4 is 0 Å². The molecular formula is C12H24N2. The second-order valence-corrected chi connectivity index (χ2v) is 5.66. The summed E-state index contributed by atoms with van der Waals surface area (Å²) in [6.07, 6.45) is 5.52. The Morgan fingerprint density at radius 1 is 1.29 bits per heavy atom. The van der Waals surface area contributed by atoms with Crippen molar-refractivity contribution in [1.82, 2.24) is 4.90 Å². The maximum absolute atomic E-state index is 5.98. The van der Waals surface area contributed by atoms with Gasteiger partial charge in [0.25, 0.3) is 0 Å². The molecule has 0 bridgehead atoms. The molecule has 1 saturated carbocycles. The summed E-state index contributed by atoms with van der Waals surface area (Å²) >= 11 is 0. The average Bonchev–Trinajstić information content (AvgIpc) is 2.14. The minimum Gasteiger partial charge on any atom is -0.330 e. The number of hydrogen-bond acceptors (Lipinski definition) is 2. The van der Waals surface area contributed by atoms with E-state index >= 15 is 0 Å². The Balaban J connectivity index is 1.93. The van der Waals surface area contributed by atoms with E-state index in [1.165, 1.54) is 38.8 Å². The fourth-order valence-corrected chi connectivity index (χ4v) is 3.62. The molecule has 14 heavy (non-hydrogen) atoms. The van der Waals surface area contributed by atoms with E-state index in [1.807, 2.05) is 0 Å². The van der Waals surface area contributed by atoms with Crippen molar-refractivity contribution in [3.63, 3.8) is 0 Å². The lowest BCUT2D eigenvalue weighted by molar-refractivity contribution is -0.0188. The summed E-state index contributed by atoms with van der Waals surface area (Å²) in [6.45, 7) is 5.84. The average molecular weight is 196 g/mol. The molecule has 1 aliphatic carbocycles. The summed E-state index contributed by atoms with van der Waals surface area (Å²) < 4.78 is 0. The number of piperidine rings is 1. The quantitative estimate of drug-likeness (QED) is 0.728. The van der Waals surface area contributed by atoms with E-state index in [4.69, 9.17) is 5.73 Å². The second-order valence-electron chi connectivity index (χ2n) is 5.66. The number of nitrogens with zero attached hydrogens (tertiary/aromatic N) is 1. The molecule has 0 radical (unpaired) electrons. The number of rotatable bonds is 2. The normalized spacial score (nSPS) is 40.9. The number of likely N-dealkylation sites (tertiary alicyclic amines) is 1. The SMILES string of the molecule is CC1CC(CN)(C2CCN(C)CC2)C1. The molecule has 82 valence electrons. The topological polar surface area (TPSA) is 29.3 Å². The van der Waals surface area contributed by atoms with Crippen molar-refractivity contribution in [3.8, 4) is 0 Å². The Bertz CT molecular complexity index is 188. The van der Waals surface area contributed by atoms with Crippen LogP contribution in [0.15, 0.2) is 0 Å². The van der Waals surface area contributed by atoms with Crippen LogP contribution in [0, 0.1) is 17.3 Å². The first-order chi connectivity index (χ1) is 6.66. The summed E-state index contributed by atoms with van der Waals surface area (Å²) in [5.41, 5.74) is 6.53. The van der Waals surface area contributed by atoms with Crippen LogP contribution in [0.2, 0.25) is 0 Å². The van der Waals surface area contributed by atoms with Crippen molar-refractivity contribution in [2.45, 2.75) is 32.6 Å². The fraction of sp³-hybridized carbons (Fsp3) is 1.00. The Labute approximate surface area is 87.8 Å². The van der Waals surface area contributed by atoms with E-state index < -0.39 is 0 Å². The molecule has 0 amide bonds. The van der Waals surface area contributed by atoms with Gasteiger partial charge in [0.2, 0.25) is 0 Å². The first kappa shape index (κ1) is 10.4. The molecule has 0 aromatic rings. The summed E-state index contributed by atoms with van der Waals surface area (Å²) in [5, 5.41) is 0. The minimum atomic E-state index is 0.542. The third-order valence-electron chi connectivity index (χ3n) is 4.50. The van der Waals surface area contributed by atoms with E-state index in [0.29, 0.717) is 5.41 Å². The molecule has 2 nitrogen and oxygen atoms in total. The van der Waals surface area contributed by atoms with Gasteiger partial charge in [-0.05, 0) is 69.6 Å². The first-order valence-electron chi connectivity index (χ1n) is 6.05. The van der Waals surface area contributed by atoms with E-state index in [-0.39, 0.29) is 0 Å². The molecule has 2 aliphatic rings. The number of nitrogens with two attached hydrogens (primary N) is 1. The fourth-order valence-electron chi connectivity index (χ4n) is 3.62. The Morgan fingerprint density at radius 2 is 1.86 bits per heavy atom. The van der Waals surface area contributed by atoms with Gasteiger partial charge in [0.05, 0.1) is 0 Å². The van der Waals surface area contributed by atoms with Gasteiger partial charge < -0.3 is 10.6 Å². The standard InChI is InChI=1S/C12H24N2/c1-10-7-12(8-10,9-13)11-3-5-14(2)6-4-11/h10-11H,3-9,13H2,1-2H3. The van der Waals surface area contributed by atoms with Gasteiger partial charge in [-0.25, -0.2) is 0 Å². The second kappa shape index (κ2) is 3.82. The lowest BCUT2D eigenvalue weighted by Crippen LogP contribution is -2.50. The molecule has 0 atom stereocenters. The zero-order chi connectivity index (χ0) is 10.2. The molecule has 1 saturated heterocycles. The molecule has 0 spiro atoms. The first-order valence-corrected chi connectivity index (χ1v) is 6.05. The van der Waals surface area contributed by atoms with Gasteiger partial charge in [0.1, 0.15) is 0 Å². The maximum Gasteiger partial charge on any atom is -0.00177 e. The molecular weight excluding hydrogens is 172 g/mol. The smallest absolute Gasteiger partial charge is 0.00177 e. The van der Waals surface area contributed by atoms with Crippen molar-refractivity contribution in [1.29, 1.82) is 0 Å². The molecule has 0 aromatic heterocycles. The number of hydrogen-bond donors (Lipinski definition) is 1. The molecule has 0 aromatic carbocycles. The van der Waals surface area contributed by atoms with Crippen LogP contribution >= 0.6 is 0 Å². The predicted octanol–water partition coefficient (Wildman–Crippen LogP) is 1.70. The highest BCUT2D eigenvalue weighted by Crippen LogP contribution is 2.52. The Hall–Kier alpha value is -0.0800. The van der Waals surface area contributed by atoms with Gasteiger partial charge in [-0.3, -0.25) is 0 Å². The highest BCUT2D eigenvalue weighted by molar-refractivity contribution is 4.98. The van der Waals surface area contributed by atoms with Crippen LogP contribution in [0.4, 0.5) is 0 Å². The molecule has 1 aliphatic heterocycles.